The average molecular weight is 304 g/mol. The minimum Gasteiger partial charge on any atom is -0.398 e. The van der Waals surface area contributed by atoms with E-state index in [1.807, 2.05) is 12.1 Å². The summed E-state index contributed by atoms with van der Waals surface area (Å²) in [5.41, 5.74) is 8.69. The molecule has 0 saturated carbocycles. The Bertz CT molecular complexity index is 735. The van der Waals surface area contributed by atoms with E-state index in [0.29, 0.717) is 17.3 Å². The van der Waals surface area contributed by atoms with Crippen LogP contribution in [0.2, 0.25) is 0 Å². The van der Waals surface area contributed by atoms with Gasteiger partial charge in [0.05, 0.1) is 10.6 Å². The highest BCUT2D eigenvalue weighted by atomic mass is 32.2. The molecule has 0 radical (unpaired) electrons. The van der Waals surface area contributed by atoms with Gasteiger partial charge in [-0.1, -0.05) is 32.0 Å². The summed E-state index contributed by atoms with van der Waals surface area (Å²) in [7, 11) is -3.60. The lowest BCUT2D eigenvalue weighted by atomic mass is 10.0. The number of nitrogens with two attached hydrogens (primary N) is 1. The molecule has 2 aromatic carbocycles. The highest BCUT2D eigenvalue weighted by Crippen LogP contribution is 2.24. The molecule has 112 valence electrons. The molecule has 2 rings (SSSR count). The van der Waals surface area contributed by atoms with Crippen molar-refractivity contribution in [3.8, 4) is 0 Å². The van der Waals surface area contributed by atoms with Gasteiger partial charge in [0, 0.05) is 5.69 Å². The SMILES string of the molecule is Cc1c(N)cccc1NS(=O)(=O)c1ccc(C(C)C)cc1. The highest BCUT2D eigenvalue weighted by molar-refractivity contribution is 7.92. The third kappa shape index (κ3) is 3.36. The summed E-state index contributed by atoms with van der Waals surface area (Å²) < 4.78 is 27.4. The summed E-state index contributed by atoms with van der Waals surface area (Å²) in [5.74, 6) is 0.367. The molecular weight excluding hydrogens is 284 g/mol. The molecule has 0 fully saturated rings. The van der Waals surface area contributed by atoms with Gasteiger partial charge in [-0.3, -0.25) is 4.72 Å². The summed E-state index contributed by atoms with van der Waals surface area (Å²) in [5, 5.41) is 0. The second kappa shape index (κ2) is 5.77. The fraction of sp³-hybridized carbons (Fsp3) is 0.250. The summed E-state index contributed by atoms with van der Waals surface area (Å²) in [6.45, 7) is 5.92. The fourth-order valence-electron chi connectivity index (χ4n) is 2.00. The van der Waals surface area contributed by atoms with E-state index in [1.165, 1.54) is 0 Å². The van der Waals surface area contributed by atoms with Crippen LogP contribution in [0.1, 0.15) is 30.9 Å². The first-order chi connectivity index (χ1) is 9.81. The van der Waals surface area contributed by atoms with Crippen molar-refractivity contribution in [3.05, 3.63) is 53.6 Å². The molecule has 0 bridgehead atoms. The number of hydrogen-bond donors (Lipinski definition) is 2. The molecule has 0 atom stereocenters. The Balaban J connectivity index is 2.32. The van der Waals surface area contributed by atoms with E-state index in [0.717, 1.165) is 11.1 Å². The van der Waals surface area contributed by atoms with E-state index >= 15 is 0 Å². The summed E-state index contributed by atoms with van der Waals surface area (Å²) in [4.78, 5) is 0.244. The zero-order valence-corrected chi connectivity index (χ0v) is 13.2. The average Bonchev–Trinajstić information content (AvgIpc) is 2.44. The molecule has 21 heavy (non-hydrogen) atoms. The number of rotatable bonds is 4. The number of nitrogen functional groups attached to an aromatic ring is 1. The highest BCUT2D eigenvalue weighted by Gasteiger charge is 2.16. The number of sulfonamides is 1. The van der Waals surface area contributed by atoms with Crippen LogP contribution >= 0.6 is 0 Å². The van der Waals surface area contributed by atoms with Gasteiger partial charge in [-0.25, -0.2) is 8.42 Å². The van der Waals surface area contributed by atoms with Gasteiger partial charge in [-0.05, 0) is 48.2 Å². The van der Waals surface area contributed by atoms with Crippen LogP contribution in [0.15, 0.2) is 47.4 Å². The van der Waals surface area contributed by atoms with Crippen LogP contribution in [0.4, 0.5) is 11.4 Å². The number of hydrogen-bond acceptors (Lipinski definition) is 3. The van der Waals surface area contributed by atoms with E-state index in [4.69, 9.17) is 5.73 Å². The molecule has 4 nitrogen and oxygen atoms in total. The van der Waals surface area contributed by atoms with Crippen LogP contribution in [0.3, 0.4) is 0 Å². The number of anilines is 2. The molecule has 0 unspecified atom stereocenters. The molecule has 0 amide bonds. The van der Waals surface area contributed by atoms with Crippen LogP contribution in [-0.4, -0.2) is 8.42 Å². The van der Waals surface area contributed by atoms with E-state index < -0.39 is 10.0 Å². The zero-order chi connectivity index (χ0) is 15.6. The first-order valence-corrected chi connectivity index (χ1v) is 8.27. The van der Waals surface area contributed by atoms with Gasteiger partial charge < -0.3 is 5.73 Å². The van der Waals surface area contributed by atoms with Gasteiger partial charge in [-0.2, -0.15) is 0 Å². The maximum atomic E-state index is 12.4. The monoisotopic (exact) mass is 304 g/mol. The first-order valence-electron chi connectivity index (χ1n) is 6.79. The zero-order valence-electron chi connectivity index (χ0n) is 12.4. The standard InChI is InChI=1S/C16H20N2O2S/c1-11(2)13-7-9-14(10-8-13)21(19,20)18-16-6-4-5-15(17)12(16)3/h4-11,18H,17H2,1-3H3. The molecule has 0 spiro atoms. The number of benzene rings is 2. The second-order valence-electron chi connectivity index (χ2n) is 5.35. The van der Waals surface area contributed by atoms with Crippen molar-refractivity contribution < 1.29 is 8.42 Å². The van der Waals surface area contributed by atoms with Gasteiger partial charge in [0.2, 0.25) is 0 Å². The molecule has 0 heterocycles. The normalized spacial score (nSPS) is 11.6. The molecule has 0 saturated heterocycles. The van der Waals surface area contributed by atoms with Crippen molar-refractivity contribution in [2.75, 3.05) is 10.5 Å². The van der Waals surface area contributed by atoms with Crippen LogP contribution in [0, 0.1) is 6.92 Å². The van der Waals surface area contributed by atoms with E-state index in [1.54, 1.807) is 37.3 Å². The van der Waals surface area contributed by atoms with Gasteiger partial charge in [0.15, 0.2) is 0 Å². The predicted octanol–water partition coefficient (Wildman–Crippen LogP) is 3.50. The molecule has 0 aliphatic carbocycles. The van der Waals surface area contributed by atoms with Gasteiger partial charge in [0.25, 0.3) is 10.0 Å². The van der Waals surface area contributed by atoms with Crippen molar-refractivity contribution in [1.29, 1.82) is 0 Å². The Morgan fingerprint density at radius 2 is 1.67 bits per heavy atom. The Hall–Kier alpha value is -2.01. The van der Waals surface area contributed by atoms with E-state index in [9.17, 15) is 8.42 Å². The molecular formula is C16H20N2O2S. The lowest BCUT2D eigenvalue weighted by Crippen LogP contribution is -2.14. The predicted molar refractivity (Wildman–Crippen MR) is 86.9 cm³/mol. The van der Waals surface area contributed by atoms with Crippen molar-refractivity contribution >= 4 is 21.4 Å². The third-order valence-corrected chi connectivity index (χ3v) is 4.86. The largest absolute Gasteiger partial charge is 0.398 e. The molecule has 3 N–H and O–H groups in total. The lowest BCUT2D eigenvalue weighted by molar-refractivity contribution is 0.601. The summed E-state index contributed by atoms with van der Waals surface area (Å²) in [6, 6.07) is 12.1. The molecule has 0 aliphatic rings. The maximum Gasteiger partial charge on any atom is 0.261 e. The third-order valence-electron chi connectivity index (χ3n) is 3.48. The van der Waals surface area contributed by atoms with Crippen LogP contribution < -0.4 is 10.5 Å². The Morgan fingerprint density at radius 1 is 1.05 bits per heavy atom. The van der Waals surface area contributed by atoms with E-state index in [2.05, 4.69) is 18.6 Å². The Kier molecular flexibility index (Phi) is 4.23. The minimum atomic E-state index is -3.60. The van der Waals surface area contributed by atoms with Crippen molar-refractivity contribution in [2.24, 2.45) is 0 Å². The summed E-state index contributed by atoms with van der Waals surface area (Å²) >= 11 is 0. The molecule has 0 aliphatic heterocycles. The van der Waals surface area contributed by atoms with Crippen LogP contribution in [0.5, 0.6) is 0 Å². The van der Waals surface area contributed by atoms with E-state index in [-0.39, 0.29) is 4.90 Å². The Morgan fingerprint density at radius 3 is 2.24 bits per heavy atom. The fourth-order valence-corrected chi connectivity index (χ4v) is 3.12. The van der Waals surface area contributed by atoms with Crippen molar-refractivity contribution in [2.45, 2.75) is 31.6 Å². The van der Waals surface area contributed by atoms with Crippen LogP contribution in [0.25, 0.3) is 0 Å². The second-order valence-corrected chi connectivity index (χ2v) is 7.03. The van der Waals surface area contributed by atoms with Crippen LogP contribution in [-0.2, 0) is 10.0 Å². The minimum absolute atomic E-state index is 0.244. The topological polar surface area (TPSA) is 72.2 Å². The number of nitrogens with one attached hydrogen (secondary N) is 1. The molecule has 2 aromatic rings. The first kappa shape index (κ1) is 15.4. The molecule has 0 aromatic heterocycles. The molecule has 5 heteroatoms. The van der Waals surface area contributed by atoms with Gasteiger partial charge >= 0.3 is 0 Å². The van der Waals surface area contributed by atoms with Crippen molar-refractivity contribution in [3.63, 3.8) is 0 Å². The summed E-state index contributed by atoms with van der Waals surface area (Å²) in [6.07, 6.45) is 0. The Labute approximate surface area is 126 Å². The maximum absolute atomic E-state index is 12.4. The van der Waals surface area contributed by atoms with Gasteiger partial charge in [-0.15, -0.1) is 0 Å². The lowest BCUT2D eigenvalue weighted by Gasteiger charge is -2.12. The van der Waals surface area contributed by atoms with Gasteiger partial charge in [0.1, 0.15) is 0 Å². The van der Waals surface area contributed by atoms with Crippen molar-refractivity contribution in [1.82, 2.24) is 0 Å². The smallest absolute Gasteiger partial charge is 0.261 e. The quantitative estimate of drug-likeness (QED) is 0.849.